The van der Waals surface area contributed by atoms with Gasteiger partial charge in [-0.2, -0.15) is 0 Å². The SMILES string of the molecule is COc1ccc(NCc2ccc(I)o2)c([N+](=O)[O-])c1. The molecule has 0 atom stereocenters. The summed E-state index contributed by atoms with van der Waals surface area (Å²) in [6.07, 6.45) is 0. The van der Waals surface area contributed by atoms with Crippen molar-refractivity contribution in [1.82, 2.24) is 0 Å². The van der Waals surface area contributed by atoms with Crippen molar-refractivity contribution in [1.29, 1.82) is 0 Å². The molecule has 1 aromatic carbocycles. The summed E-state index contributed by atoms with van der Waals surface area (Å²) in [7, 11) is 1.47. The molecule has 2 aromatic rings. The van der Waals surface area contributed by atoms with Crippen LogP contribution in [0.4, 0.5) is 11.4 Å². The molecule has 0 radical (unpaired) electrons. The fraction of sp³-hybridized carbons (Fsp3) is 0.167. The number of halogens is 1. The van der Waals surface area contributed by atoms with E-state index in [0.29, 0.717) is 18.0 Å². The van der Waals surface area contributed by atoms with Crippen LogP contribution in [0.2, 0.25) is 0 Å². The van der Waals surface area contributed by atoms with E-state index < -0.39 is 4.92 Å². The highest BCUT2D eigenvalue weighted by Gasteiger charge is 2.15. The average molecular weight is 374 g/mol. The molecule has 0 spiro atoms. The van der Waals surface area contributed by atoms with Crippen molar-refractivity contribution in [2.45, 2.75) is 6.54 Å². The van der Waals surface area contributed by atoms with E-state index in [2.05, 4.69) is 27.9 Å². The number of benzene rings is 1. The van der Waals surface area contributed by atoms with Crippen LogP contribution in [0.1, 0.15) is 5.76 Å². The van der Waals surface area contributed by atoms with Gasteiger partial charge in [-0.1, -0.05) is 0 Å². The fourth-order valence-electron chi connectivity index (χ4n) is 1.57. The van der Waals surface area contributed by atoms with Crippen LogP contribution in [0.3, 0.4) is 0 Å². The van der Waals surface area contributed by atoms with E-state index in [-0.39, 0.29) is 5.69 Å². The van der Waals surface area contributed by atoms with Gasteiger partial charge in [-0.15, -0.1) is 0 Å². The Hall–Kier alpha value is -1.77. The quantitative estimate of drug-likeness (QED) is 0.493. The number of rotatable bonds is 5. The molecule has 1 aromatic heterocycles. The van der Waals surface area contributed by atoms with Gasteiger partial charge >= 0.3 is 0 Å². The van der Waals surface area contributed by atoms with Crippen LogP contribution in [0.5, 0.6) is 5.75 Å². The van der Waals surface area contributed by atoms with E-state index in [4.69, 9.17) is 9.15 Å². The first-order chi connectivity index (χ1) is 9.10. The average Bonchev–Trinajstić information content (AvgIpc) is 2.82. The van der Waals surface area contributed by atoms with Crippen LogP contribution in [-0.2, 0) is 6.54 Å². The number of methoxy groups -OCH3 is 1. The van der Waals surface area contributed by atoms with Gasteiger partial charge in [-0.25, -0.2) is 0 Å². The highest BCUT2D eigenvalue weighted by molar-refractivity contribution is 14.1. The Morgan fingerprint density at radius 1 is 1.42 bits per heavy atom. The minimum atomic E-state index is -0.448. The molecule has 0 aliphatic rings. The molecule has 0 aliphatic heterocycles. The van der Waals surface area contributed by atoms with Crippen molar-refractivity contribution >= 4 is 34.0 Å². The molecule has 19 heavy (non-hydrogen) atoms. The lowest BCUT2D eigenvalue weighted by Gasteiger charge is -2.07. The lowest BCUT2D eigenvalue weighted by Crippen LogP contribution is -2.02. The van der Waals surface area contributed by atoms with Gasteiger partial charge in [-0.3, -0.25) is 10.1 Å². The molecule has 0 unspecified atom stereocenters. The fourth-order valence-corrected chi connectivity index (χ4v) is 2.03. The third kappa shape index (κ3) is 3.37. The molecule has 6 nitrogen and oxygen atoms in total. The first kappa shape index (κ1) is 13.7. The smallest absolute Gasteiger partial charge is 0.296 e. The highest BCUT2D eigenvalue weighted by Crippen LogP contribution is 2.29. The zero-order valence-electron chi connectivity index (χ0n) is 10.1. The van der Waals surface area contributed by atoms with Crippen LogP contribution in [0.25, 0.3) is 0 Å². The van der Waals surface area contributed by atoms with Gasteiger partial charge in [0.05, 0.1) is 24.6 Å². The summed E-state index contributed by atoms with van der Waals surface area (Å²) in [6.45, 7) is 0.385. The van der Waals surface area contributed by atoms with E-state index in [1.54, 1.807) is 12.1 Å². The Bertz CT molecular complexity index is 597. The Kier molecular flexibility index (Phi) is 4.25. The van der Waals surface area contributed by atoms with E-state index in [0.717, 1.165) is 9.53 Å². The number of nitrogens with zero attached hydrogens (tertiary/aromatic N) is 1. The van der Waals surface area contributed by atoms with Crippen LogP contribution in [0, 0.1) is 13.9 Å². The molecule has 0 saturated heterocycles. The third-order valence-electron chi connectivity index (χ3n) is 2.48. The standard InChI is InChI=1S/C12H11IN2O4/c1-18-8-2-4-10(11(6-8)15(16)17)14-7-9-3-5-12(13)19-9/h2-6,14H,7H2,1H3. The summed E-state index contributed by atoms with van der Waals surface area (Å²) in [5.74, 6) is 1.17. The monoisotopic (exact) mass is 374 g/mol. The van der Waals surface area contributed by atoms with Crippen molar-refractivity contribution in [3.8, 4) is 5.75 Å². The molecular formula is C12H11IN2O4. The lowest BCUT2D eigenvalue weighted by atomic mass is 10.2. The largest absolute Gasteiger partial charge is 0.496 e. The maximum atomic E-state index is 11.0. The number of furan rings is 1. The summed E-state index contributed by atoms with van der Waals surface area (Å²) >= 11 is 2.06. The first-order valence-electron chi connectivity index (χ1n) is 5.40. The van der Waals surface area contributed by atoms with Crippen molar-refractivity contribution in [2.75, 3.05) is 12.4 Å². The van der Waals surface area contributed by atoms with Crippen LogP contribution in [0.15, 0.2) is 34.7 Å². The minimum absolute atomic E-state index is 0.0272. The third-order valence-corrected chi connectivity index (χ3v) is 3.06. The second-order valence-corrected chi connectivity index (χ2v) is 4.76. The molecule has 0 aliphatic carbocycles. The molecule has 0 bridgehead atoms. The molecule has 0 saturated carbocycles. The number of hydrogen-bond acceptors (Lipinski definition) is 5. The van der Waals surface area contributed by atoms with Gasteiger partial charge in [-0.05, 0) is 46.9 Å². The van der Waals surface area contributed by atoms with Crippen molar-refractivity contribution in [3.63, 3.8) is 0 Å². The maximum absolute atomic E-state index is 11.0. The Balaban J connectivity index is 2.17. The lowest BCUT2D eigenvalue weighted by molar-refractivity contribution is -0.384. The van der Waals surface area contributed by atoms with Gasteiger partial charge in [0.2, 0.25) is 0 Å². The second-order valence-electron chi connectivity index (χ2n) is 3.70. The van der Waals surface area contributed by atoms with Gasteiger partial charge in [0.25, 0.3) is 5.69 Å². The predicted octanol–water partition coefficient (Wildman–Crippen LogP) is 3.41. The van der Waals surface area contributed by atoms with Gasteiger partial charge in [0.1, 0.15) is 17.2 Å². The minimum Gasteiger partial charge on any atom is -0.496 e. The summed E-state index contributed by atoms with van der Waals surface area (Å²) < 4.78 is 11.1. The Morgan fingerprint density at radius 3 is 2.79 bits per heavy atom. The molecule has 2 rings (SSSR count). The normalized spacial score (nSPS) is 10.2. The summed E-state index contributed by atoms with van der Waals surface area (Å²) in [4.78, 5) is 10.5. The number of hydrogen-bond donors (Lipinski definition) is 1. The van der Waals surface area contributed by atoms with Gasteiger partial charge in [0, 0.05) is 0 Å². The molecule has 1 heterocycles. The van der Waals surface area contributed by atoms with Crippen molar-refractivity contribution < 1.29 is 14.1 Å². The number of anilines is 1. The van der Waals surface area contributed by atoms with Crippen molar-refractivity contribution in [3.05, 3.63) is 50.0 Å². The van der Waals surface area contributed by atoms with E-state index in [1.807, 2.05) is 12.1 Å². The number of nitrogens with one attached hydrogen (secondary N) is 1. The molecular weight excluding hydrogens is 363 g/mol. The van der Waals surface area contributed by atoms with Crippen LogP contribution < -0.4 is 10.1 Å². The van der Waals surface area contributed by atoms with E-state index in [1.165, 1.54) is 13.2 Å². The summed E-state index contributed by atoms with van der Waals surface area (Å²) in [5.41, 5.74) is 0.401. The van der Waals surface area contributed by atoms with Gasteiger partial charge in [0.15, 0.2) is 3.77 Å². The van der Waals surface area contributed by atoms with Crippen LogP contribution >= 0.6 is 22.6 Å². The summed E-state index contributed by atoms with van der Waals surface area (Å²) in [5, 5.41) is 14.0. The zero-order valence-corrected chi connectivity index (χ0v) is 12.2. The number of nitro benzene ring substituents is 1. The molecule has 7 heteroatoms. The Morgan fingerprint density at radius 2 is 2.21 bits per heavy atom. The predicted molar refractivity (Wildman–Crippen MR) is 78.4 cm³/mol. The van der Waals surface area contributed by atoms with Gasteiger partial charge < -0.3 is 14.5 Å². The Labute approximate surface area is 123 Å². The van der Waals surface area contributed by atoms with E-state index in [9.17, 15) is 10.1 Å². The zero-order chi connectivity index (χ0) is 13.8. The van der Waals surface area contributed by atoms with E-state index >= 15 is 0 Å². The second kappa shape index (κ2) is 5.91. The van der Waals surface area contributed by atoms with Crippen LogP contribution in [-0.4, -0.2) is 12.0 Å². The molecule has 0 fully saturated rings. The first-order valence-corrected chi connectivity index (χ1v) is 6.48. The number of nitro groups is 1. The topological polar surface area (TPSA) is 77.5 Å². The maximum Gasteiger partial charge on any atom is 0.296 e. The molecule has 0 amide bonds. The number of ether oxygens (including phenoxy) is 1. The molecule has 1 N–H and O–H groups in total. The molecule has 100 valence electrons. The highest BCUT2D eigenvalue weighted by atomic mass is 127. The van der Waals surface area contributed by atoms with Crippen molar-refractivity contribution in [2.24, 2.45) is 0 Å². The summed E-state index contributed by atoms with van der Waals surface area (Å²) in [6, 6.07) is 8.32.